The first-order chi connectivity index (χ1) is 6.83. The van der Waals surface area contributed by atoms with Gasteiger partial charge >= 0.3 is 0 Å². The van der Waals surface area contributed by atoms with Crippen molar-refractivity contribution >= 4 is 21.7 Å². The average Bonchev–Trinajstić information content (AvgIpc) is 2.71. The van der Waals surface area contributed by atoms with Gasteiger partial charge in [0.05, 0.1) is 0 Å². The SMILES string of the molecule is NNc1ncnc(-n2ccnc2)c1Br. The zero-order valence-electron chi connectivity index (χ0n) is 7.05. The van der Waals surface area contributed by atoms with Crippen molar-refractivity contribution in [2.75, 3.05) is 5.43 Å². The molecule has 0 amide bonds. The minimum absolute atomic E-state index is 0.531. The molecular formula is C7H7BrN6. The summed E-state index contributed by atoms with van der Waals surface area (Å²) in [6.45, 7) is 0. The Bertz CT molecular complexity index is 426. The third-order valence-corrected chi connectivity index (χ3v) is 2.39. The fourth-order valence-electron chi connectivity index (χ4n) is 1.03. The number of nitrogens with two attached hydrogens (primary N) is 1. The van der Waals surface area contributed by atoms with Crippen LogP contribution in [0.5, 0.6) is 0 Å². The predicted octanol–water partition coefficient (Wildman–Crippen LogP) is 0.710. The molecule has 0 aliphatic heterocycles. The van der Waals surface area contributed by atoms with Crippen molar-refractivity contribution in [3.63, 3.8) is 0 Å². The van der Waals surface area contributed by atoms with E-state index in [1.165, 1.54) is 6.33 Å². The summed E-state index contributed by atoms with van der Waals surface area (Å²) in [4.78, 5) is 12.0. The zero-order chi connectivity index (χ0) is 9.97. The molecular weight excluding hydrogens is 248 g/mol. The van der Waals surface area contributed by atoms with Crippen LogP contribution in [-0.4, -0.2) is 19.5 Å². The molecule has 72 valence electrons. The Morgan fingerprint density at radius 2 is 2.29 bits per heavy atom. The van der Waals surface area contributed by atoms with Crippen molar-refractivity contribution in [1.29, 1.82) is 0 Å². The normalized spacial score (nSPS) is 10.1. The molecule has 6 nitrogen and oxygen atoms in total. The van der Waals surface area contributed by atoms with E-state index < -0.39 is 0 Å². The molecule has 0 fully saturated rings. The van der Waals surface area contributed by atoms with Gasteiger partial charge in [-0.05, 0) is 15.9 Å². The van der Waals surface area contributed by atoms with E-state index in [1.807, 2.05) is 0 Å². The van der Waals surface area contributed by atoms with Crippen LogP contribution in [0.15, 0.2) is 29.5 Å². The summed E-state index contributed by atoms with van der Waals surface area (Å²) < 4.78 is 2.45. The molecule has 14 heavy (non-hydrogen) atoms. The molecule has 2 heterocycles. The van der Waals surface area contributed by atoms with E-state index in [4.69, 9.17) is 5.84 Å². The van der Waals surface area contributed by atoms with Crippen molar-refractivity contribution in [1.82, 2.24) is 19.5 Å². The minimum atomic E-state index is 0.531. The third kappa shape index (κ3) is 1.47. The number of halogens is 1. The number of hydrogen-bond acceptors (Lipinski definition) is 5. The Hall–Kier alpha value is -1.47. The van der Waals surface area contributed by atoms with Crippen LogP contribution < -0.4 is 11.3 Å². The number of rotatable bonds is 2. The zero-order valence-corrected chi connectivity index (χ0v) is 8.64. The quantitative estimate of drug-likeness (QED) is 0.610. The smallest absolute Gasteiger partial charge is 0.159 e. The third-order valence-electron chi connectivity index (χ3n) is 1.66. The highest BCUT2D eigenvalue weighted by molar-refractivity contribution is 9.10. The van der Waals surface area contributed by atoms with E-state index in [2.05, 4.69) is 36.3 Å². The van der Waals surface area contributed by atoms with E-state index in [1.54, 1.807) is 23.3 Å². The highest BCUT2D eigenvalue weighted by Crippen LogP contribution is 2.24. The molecule has 2 aromatic heterocycles. The first kappa shape index (κ1) is 9.10. The molecule has 3 N–H and O–H groups in total. The van der Waals surface area contributed by atoms with Crippen LogP contribution in [0.2, 0.25) is 0 Å². The Labute approximate surface area is 88.3 Å². The number of aromatic nitrogens is 4. The van der Waals surface area contributed by atoms with Gasteiger partial charge in [0.2, 0.25) is 0 Å². The van der Waals surface area contributed by atoms with Crippen molar-refractivity contribution in [2.45, 2.75) is 0 Å². The number of nitrogen functional groups attached to an aromatic ring is 1. The summed E-state index contributed by atoms with van der Waals surface area (Å²) in [5.74, 6) is 6.49. The van der Waals surface area contributed by atoms with Crippen LogP contribution in [0.3, 0.4) is 0 Å². The summed E-state index contributed by atoms with van der Waals surface area (Å²) in [7, 11) is 0. The summed E-state index contributed by atoms with van der Waals surface area (Å²) in [6.07, 6.45) is 6.53. The fourth-order valence-corrected chi connectivity index (χ4v) is 1.55. The highest BCUT2D eigenvalue weighted by Gasteiger charge is 2.08. The van der Waals surface area contributed by atoms with Gasteiger partial charge < -0.3 is 5.43 Å². The van der Waals surface area contributed by atoms with Crippen molar-refractivity contribution in [3.8, 4) is 5.82 Å². The van der Waals surface area contributed by atoms with Crippen LogP contribution >= 0.6 is 15.9 Å². The second-order valence-electron chi connectivity index (χ2n) is 2.47. The molecule has 0 aromatic carbocycles. The number of hydrazine groups is 1. The summed E-state index contributed by atoms with van der Waals surface area (Å²) >= 11 is 3.35. The lowest BCUT2D eigenvalue weighted by Gasteiger charge is -2.06. The largest absolute Gasteiger partial charge is 0.307 e. The maximum absolute atomic E-state index is 5.28. The topological polar surface area (TPSA) is 81.6 Å². The summed E-state index contributed by atoms with van der Waals surface area (Å²) in [5.41, 5.74) is 2.47. The number of anilines is 1. The highest BCUT2D eigenvalue weighted by atomic mass is 79.9. The molecule has 0 spiro atoms. The van der Waals surface area contributed by atoms with Crippen molar-refractivity contribution in [3.05, 3.63) is 29.5 Å². The molecule has 0 saturated heterocycles. The van der Waals surface area contributed by atoms with Gasteiger partial charge in [-0.15, -0.1) is 0 Å². The molecule has 2 aromatic rings. The number of imidazole rings is 1. The lowest BCUT2D eigenvalue weighted by molar-refractivity contribution is 0.958. The Morgan fingerprint density at radius 3 is 2.93 bits per heavy atom. The van der Waals surface area contributed by atoms with E-state index >= 15 is 0 Å². The maximum atomic E-state index is 5.28. The molecule has 0 bridgehead atoms. The van der Waals surface area contributed by atoms with Gasteiger partial charge in [-0.2, -0.15) is 0 Å². The summed E-state index contributed by atoms with van der Waals surface area (Å²) in [5, 5.41) is 0. The number of nitrogens with zero attached hydrogens (tertiary/aromatic N) is 4. The van der Waals surface area contributed by atoms with E-state index in [0.29, 0.717) is 16.1 Å². The van der Waals surface area contributed by atoms with Gasteiger partial charge in [0.1, 0.15) is 17.1 Å². The van der Waals surface area contributed by atoms with Crippen LogP contribution in [0.25, 0.3) is 5.82 Å². The van der Waals surface area contributed by atoms with Crippen LogP contribution in [0.4, 0.5) is 5.82 Å². The van der Waals surface area contributed by atoms with E-state index in [-0.39, 0.29) is 0 Å². The maximum Gasteiger partial charge on any atom is 0.159 e. The predicted molar refractivity (Wildman–Crippen MR) is 54.7 cm³/mol. The molecule has 0 radical (unpaired) electrons. The van der Waals surface area contributed by atoms with Crippen LogP contribution in [0, 0.1) is 0 Å². The molecule has 2 rings (SSSR count). The van der Waals surface area contributed by atoms with Gasteiger partial charge in [0.25, 0.3) is 0 Å². The van der Waals surface area contributed by atoms with Gasteiger partial charge in [0.15, 0.2) is 11.6 Å². The van der Waals surface area contributed by atoms with Crippen molar-refractivity contribution in [2.24, 2.45) is 5.84 Å². The second-order valence-corrected chi connectivity index (χ2v) is 3.27. The molecule has 0 atom stereocenters. The molecule has 0 saturated carbocycles. The first-order valence-corrected chi connectivity index (χ1v) is 4.57. The second kappa shape index (κ2) is 3.72. The van der Waals surface area contributed by atoms with E-state index in [9.17, 15) is 0 Å². The summed E-state index contributed by atoms with van der Waals surface area (Å²) in [6, 6.07) is 0. The first-order valence-electron chi connectivity index (χ1n) is 3.78. The monoisotopic (exact) mass is 254 g/mol. The molecule has 7 heteroatoms. The van der Waals surface area contributed by atoms with Gasteiger partial charge in [0, 0.05) is 12.4 Å². The van der Waals surface area contributed by atoms with Gasteiger partial charge in [-0.1, -0.05) is 0 Å². The molecule has 0 unspecified atom stereocenters. The van der Waals surface area contributed by atoms with Gasteiger partial charge in [-0.3, -0.25) is 4.57 Å². The molecule has 0 aliphatic carbocycles. The van der Waals surface area contributed by atoms with Crippen molar-refractivity contribution < 1.29 is 0 Å². The van der Waals surface area contributed by atoms with Gasteiger partial charge in [-0.25, -0.2) is 20.8 Å². The lowest BCUT2D eigenvalue weighted by atomic mass is 10.5. The Kier molecular flexibility index (Phi) is 2.42. The standard InChI is InChI=1S/C7H7BrN6/c8-5-6(13-9)11-3-12-7(5)14-2-1-10-4-14/h1-4H,9H2,(H,11,12,13). The number of hydrogen-bond donors (Lipinski definition) is 2. The number of nitrogens with one attached hydrogen (secondary N) is 1. The van der Waals surface area contributed by atoms with Crippen LogP contribution in [-0.2, 0) is 0 Å². The average molecular weight is 255 g/mol. The van der Waals surface area contributed by atoms with E-state index in [0.717, 1.165) is 0 Å². The lowest BCUT2D eigenvalue weighted by Crippen LogP contribution is -2.11. The fraction of sp³-hybridized carbons (Fsp3) is 0. The van der Waals surface area contributed by atoms with Crippen LogP contribution in [0.1, 0.15) is 0 Å². The Morgan fingerprint density at radius 1 is 1.43 bits per heavy atom. The minimum Gasteiger partial charge on any atom is -0.307 e. The Balaban J connectivity index is 2.54. The molecule has 0 aliphatic rings.